The Morgan fingerprint density at radius 2 is 2.07 bits per heavy atom. The Bertz CT molecular complexity index is 915. The van der Waals surface area contributed by atoms with Crippen molar-refractivity contribution in [2.75, 3.05) is 7.11 Å². The van der Waals surface area contributed by atoms with Crippen LogP contribution in [0.5, 0.6) is 11.5 Å². The lowest BCUT2D eigenvalue weighted by Crippen LogP contribution is -2.26. The first-order chi connectivity index (χ1) is 13.1. The summed E-state index contributed by atoms with van der Waals surface area (Å²) in [7, 11) is 1.55. The van der Waals surface area contributed by atoms with Gasteiger partial charge in [-0.05, 0) is 36.8 Å². The highest BCUT2D eigenvalue weighted by atomic mass is 79.9. The number of nitrogens with zero attached hydrogens (tertiary/aromatic N) is 1. The van der Waals surface area contributed by atoms with Gasteiger partial charge >= 0.3 is 0 Å². The number of benzene rings is 2. The molecule has 0 saturated carbocycles. The van der Waals surface area contributed by atoms with Gasteiger partial charge in [-0.3, -0.25) is 4.79 Å². The summed E-state index contributed by atoms with van der Waals surface area (Å²) in [5.41, 5.74) is 4.13. The molecule has 1 N–H and O–H groups in total. The highest BCUT2D eigenvalue weighted by Crippen LogP contribution is 2.29. The normalized spacial score (nSPS) is 11.7. The summed E-state index contributed by atoms with van der Waals surface area (Å²) in [6, 6.07) is 12.8. The second-order valence-corrected chi connectivity index (χ2v) is 7.42. The van der Waals surface area contributed by atoms with Crippen LogP contribution in [0.1, 0.15) is 34.6 Å². The van der Waals surface area contributed by atoms with E-state index in [0.29, 0.717) is 23.7 Å². The third kappa shape index (κ3) is 4.87. The molecule has 1 unspecified atom stereocenters. The molecule has 27 heavy (non-hydrogen) atoms. The molecule has 140 valence electrons. The standard InChI is InChI=1S/C20H19BrN2O3S/c1-13(16-5-3-4-6-17(16)21)23-20(24)14-7-8-18(19(9-14)25-2)26-10-15-11-27-12-22-15/h3-9,11-13H,10H2,1-2H3,(H,23,24). The number of methoxy groups -OCH3 is 1. The van der Waals surface area contributed by atoms with Gasteiger partial charge in [0.15, 0.2) is 11.5 Å². The molecule has 5 nitrogen and oxygen atoms in total. The SMILES string of the molecule is COc1cc(C(=O)NC(C)c2ccccc2Br)ccc1OCc1cscn1. The summed E-state index contributed by atoms with van der Waals surface area (Å²) in [4.78, 5) is 16.8. The third-order valence-electron chi connectivity index (χ3n) is 4.00. The van der Waals surface area contributed by atoms with E-state index in [-0.39, 0.29) is 11.9 Å². The molecule has 1 heterocycles. The van der Waals surface area contributed by atoms with Crippen LogP contribution in [0.4, 0.5) is 0 Å². The maximum atomic E-state index is 12.6. The van der Waals surface area contributed by atoms with E-state index in [4.69, 9.17) is 9.47 Å². The zero-order valence-electron chi connectivity index (χ0n) is 14.9. The molecular formula is C20H19BrN2O3S. The molecule has 2 aromatic carbocycles. The van der Waals surface area contributed by atoms with Crippen LogP contribution in [0, 0.1) is 0 Å². The second-order valence-electron chi connectivity index (χ2n) is 5.85. The number of hydrogen-bond donors (Lipinski definition) is 1. The van der Waals surface area contributed by atoms with Gasteiger partial charge in [-0.2, -0.15) is 0 Å². The molecule has 1 aromatic heterocycles. The number of carbonyl (C=O) groups excluding carboxylic acids is 1. The molecule has 0 bridgehead atoms. The van der Waals surface area contributed by atoms with Crippen molar-refractivity contribution in [3.63, 3.8) is 0 Å². The topological polar surface area (TPSA) is 60.5 Å². The fourth-order valence-electron chi connectivity index (χ4n) is 2.57. The average Bonchev–Trinajstić information content (AvgIpc) is 3.20. The Morgan fingerprint density at radius 1 is 1.26 bits per heavy atom. The lowest BCUT2D eigenvalue weighted by molar-refractivity contribution is 0.0939. The van der Waals surface area contributed by atoms with E-state index < -0.39 is 0 Å². The van der Waals surface area contributed by atoms with Crippen molar-refractivity contribution in [3.05, 3.63) is 74.6 Å². The Morgan fingerprint density at radius 3 is 2.78 bits per heavy atom. The average molecular weight is 447 g/mol. The van der Waals surface area contributed by atoms with Crippen LogP contribution in [-0.2, 0) is 6.61 Å². The van der Waals surface area contributed by atoms with E-state index in [1.165, 1.54) is 11.3 Å². The van der Waals surface area contributed by atoms with E-state index in [2.05, 4.69) is 26.2 Å². The number of halogens is 1. The van der Waals surface area contributed by atoms with Gasteiger partial charge in [-0.15, -0.1) is 11.3 Å². The number of hydrogen-bond acceptors (Lipinski definition) is 5. The zero-order valence-corrected chi connectivity index (χ0v) is 17.3. The summed E-state index contributed by atoms with van der Waals surface area (Å²) in [5.74, 6) is 0.898. The fraction of sp³-hybridized carbons (Fsp3) is 0.200. The molecule has 0 aliphatic heterocycles. The maximum absolute atomic E-state index is 12.6. The van der Waals surface area contributed by atoms with Gasteiger partial charge in [0.1, 0.15) is 6.61 Å². The maximum Gasteiger partial charge on any atom is 0.251 e. The largest absolute Gasteiger partial charge is 0.493 e. The van der Waals surface area contributed by atoms with Gasteiger partial charge in [-0.1, -0.05) is 34.1 Å². The highest BCUT2D eigenvalue weighted by Gasteiger charge is 2.16. The minimum atomic E-state index is -0.178. The summed E-state index contributed by atoms with van der Waals surface area (Å²) in [6.07, 6.45) is 0. The van der Waals surface area contributed by atoms with Gasteiger partial charge < -0.3 is 14.8 Å². The van der Waals surface area contributed by atoms with Crippen molar-refractivity contribution in [3.8, 4) is 11.5 Å². The molecule has 0 spiro atoms. The highest BCUT2D eigenvalue weighted by molar-refractivity contribution is 9.10. The molecule has 1 amide bonds. The van der Waals surface area contributed by atoms with Gasteiger partial charge in [0, 0.05) is 15.4 Å². The molecule has 0 aliphatic carbocycles. The summed E-state index contributed by atoms with van der Waals surface area (Å²) < 4.78 is 12.1. The Kier molecular flexibility index (Phi) is 6.47. The molecule has 0 radical (unpaired) electrons. The Labute approximate surface area is 170 Å². The van der Waals surface area contributed by atoms with E-state index in [9.17, 15) is 4.79 Å². The van der Waals surface area contributed by atoms with Crippen LogP contribution in [0.25, 0.3) is 0 Å². The molecule has 3 rings (SSSR count). The van der Waals surface area contributed by atoms with Gasteiger partial charge in [0.05, 0.1) is 24.4 Å². The summed E-state index contributed by atoms with van der Waals surface area (Å²) in [5, 5.41) is 4.93. The molecule has 3 aromatic rings. The Hall–Kier alpha value is -2.38. The number of ether oxygens (including phenoxy) is 2. The molecular weight excluding hydrogens is 428 g/mol. The van der Waals surface area contributed by atoms with Crippen molar-refractivity contribution < 1.29 is 14.3 Å². The van der Waals surface area contributed by atoms with Gasteiger partial charge in [0.25, 0.3) is 5.91 Å². The number of aromatic nitrogens is 1. The van der Waals surface area contributed by atoms with Gasteiger partial charge in [0.2, 0.25) is 0 Å². The fourth-order valence-corrected chi connectivity index (χ4v) is 3.74. The number of rotatable bonds is 7. The van der Waals surface area contributed by atoms with Crippen molar-refractivity contribution in [2.24, 2.45) is 0 Å². The van der Waals surface area contributed by atoms with Crippen LogP contribution in [0.15, 0.2) is 57.8 Å². The van der Waals surface area contributed by atoms with E-state index in [1.54, 1.807) is 30.8 Å². The summed E-state index contributed by atoms with van der Waals surface area (Å²) in [6.45, 7) is 2.30. The van der Waals surface area contributed by atoms with Crippen LogP contribution < -0.4 is 14.8 Å². The van der Waals surface area contributed by atoms with Crippen LogP contribution >= 0.6 is 27.3 Å². The monoisotopic (exact) mass is 446 g/mol. The number of carbonyl (C=O) groups is 1. The predicted octanol–water partition coefficient (Wildman–Crippen LogP) is 4.98. The third-order valence-corrected chi connectivity index (χ3v) is 5.36. The smallest absolute Gasteiger partial charge is 0.251 e. The Balaban J connectivity index is 1.70. The first kappa shape index (κ1) is 19.4. The zero-order chi connectivity index (χ0) is 19.2. The number of amides is 1. The van der Waals surface area contributed by atoms with Crippen LogP contribution in [0.2, 0.25) is 0 Å². The quantitative estimate of drug-likeness (QED) is 0.555. The number of nitrogens with one attached hydrogen (secondary N) is 1. The second kappa shape index (κ2) is 9.01. The van der Waals surface area contributed by atoms with Crippen LogP contribution in [0.3, 0.4) is 0 Å². The molecule has 0 aliphatic rings. The lowest BCUT2D eigenvalue weighted by Gasteiger charge is -2.17. The van der Waals surface area contributed by atoms with E-state index in [0.717, 1.165) is 15.7 Å². The van der Waals surface area contributed by atoms with Crippen molar-refractivity contribution in [1.82, 2.24) is 10.3 Å². The molecule has 0 fully saturated rings. The molecule has 7 heteroatoms. The van der Waals surface area contributed by atoms with Crippen LogP contribution in [-0.4, -0.2) is 18.0 Å². The molecule has 1 atom stereocenters. The number of thiazole rings is 1. The molecule has 0 saturated heterocycles. The first-order valence-corrected chi connectivity index (χ1v) is 10.0. The van der Waals surface area contributed by atoms with Crippen molar-refractivity contribution >= 4 is 33.2 Å². The minimum Gasteiger partial charge on any atom is -0.493 e. The first-order valence-electron chi connectivity index (χ1n) is 8.31. The van der Waals surface area contributed by atoms with Crippen molar-refractivity contribution in [1.29, 1.82) is 0 Å². The van der Waals surface area contributed by atoms with Gasteiger partial charge in [-0.25, -0.2) is 4.98 Å². The lowest BCUT2D eigenvalue weighted by atomic mass is 10.1. The van der Waals surface area contributed by atoms with Crippen molar-refractivity contribution in [2.45, 2.75) is 19.6 Å². The van der Waals surface area contributed by atoms with E-state index >= 15 is 0 Å². The minimum absolute atomic E-state index is 0.139. The predicted molar refractivity (Wildman–Crippen MR) is 109 cm³/mol. The van der Waals surface area contributed by atoms with E-state index in [1.807, 2.05) is 36.6 Å². The summed E-state index contributed by atoms with van der Waals surface area (Å²) >= 11 is 5.03.